The average Bonchev–Trinajstić information content (AvgIpc) is 3.30. The summed E-state index contributed by atoms with van der Waals surface area (Å²) in [5.41, 5.74) is -0.870. The van der Waals surface area contributed by atoms with Gasteiger partial charge in [-0.15, -0.1) is 0 Å². The summed E-state index contributed by atoms with van der Waals surface area (Å²) < 4.78 is 17.1. The van der Waals surface area contributed by atoms with E-state index in [-0.39, 0.29) is 18.1 Å². The van der Waals surface area contributed by atoms with Crippen molar-refractivity contribution in [3.05, 3.63) is 11.2 Å². The van der Waals surface area contributed by atoms with Crippen molar-refractivity contribution in [1.82, 2.24) is 14.9 Å². The number of nitrogens with zero attached hydrogens (tertiary/aromatic N) is 4. The third kappa shape index (κ3) is 3.94. The molecule has 0 saturated carbocycles. The Labute approximate surface area is 194 Å². The highest BCUT2D eigenvalue weighted by atomic mass is 35.5. The number of halogens is 1. The minimum atomic E-state index is -0.456. The van der Waals surface area contributed by atoms with Crippen molar-refractivity contribution in [2.75, 3.05) is 25.2 Å². The number of carbonyl (C=O) groups is 1. The van der Waals surface area contributed by atoms with Gasteiger partial charge in [-0.25, -0.2) is 4.98 Å². The van der Waals surface area contributed by atoms with Gasteiger partial charge in [0.05, 0.1) is 13.2 Å². The Morgan fingerprint density at radius 1 is 1.28 bits per heavy atom. The molecule has 8 nitrogen and oxygen atoms in total. The van der Waals surface area contributed by atoms with E-state index in [1.807, 2.05) is 27.8 Å². The highest BCUT2D eigenvalue weighted by molar-refractivity contribution is 6.29. The highest BCUT2D eigenvalue weighted by Gasteiger charge is 2.65. The van der Waals surface area contributed by atoms with E-state index in [9.17, 15) is 4.79 Å². The molecule has 9 heteroatoms. The molecular weight excluding hydrogens is 432 g/mol. The number of hydrogen-bond donors (Lipinski definition) is 0. The summed E-state index contributed by atoms with van der Waals surface area (Å²) in [5, 5.41) is 0.377. The van der Waals surface area contributed by atoms with Gasteiger partial charge in [0.1, 0.15) is 22.4 Å². The molecule has 5 heterocycles. The zero-order valence-electron chi connectivity index (χ0n) is 19.3. The number of hydrogen-bond acceptors (Lipinski definition) is 8. The third-order valence-electron chi connectivity index (χ3n) is 7.31. The van der Waals surface area contributed by atoms with E-state index in [1.165, 1.54) is 0 Å². The first-order chi connectivity index (χ1) is 15.1. The van der Waals surface area contributed by atoms with Gasteiger partial charge in [-0.05, 0) is 52.9 Å². The van der Waals surface area contributed by atoms with Gasteiger partial charge in [0, 0.05) is 37.7 Å². The first-order valence-electron chi connectivity index (χ1n) is 11.7. The Kier molecular flexibility index (Phi) is 5.54. The fourth-order valence-electron chi connectivity index (χ4n) is 5.93. The Hall–Kier alpha value is -1.64. The second kappa shape index (κ2) is 7.99. The number of ether oxygens (including phenoxy) is 3. The van der Waals surface area contributed by atoms with Crippen LogP contribution in [-0.2, 0) is 14.3 Å². The fraction of sp³-hybridized carbons (Fsp3) is 0.783. The molecule has 4 aliphatic heterocycles. The van der Waals surface area contributed by atoms with Gasteiger partial charge in [-0.1, -0.05) is 11.6 Å². The van der Waals surface area contributed by atoms with E-state index < -0.39 is 11.1 Å². The van der Waals surface area contributed by atoms with Gasteiger partial charge in [-0.3, -0.25) is 9.69 Å². The van der Waals surface area contributed by atoms with Crippen LogP contribution in [0.5, 0.6) is 5.88 Å². The van der Waals surface area contributed by atoms with Crippen molar-refractivity contribution in [2.24, 2.45) is 0 Å². The molecule has 1 aromatic heterocycles. The Bertz CT molecular complexity index is 887. The molecule has 0 amide bonds. The van der Waals surface area contributed by atoms with Crippen molar-refractivity contribution in [3.63, 3.8) is 0 Å². The average molecular weight is 465 g/mol. The van der Waals surface area contributed by atoms with Crippen LogP contribution in [0.15, 0.2) is 6.07 Å². The minimum absolute atomic E-state index is 0.0109. The van der Waals surface area contributed by atoms with Crippen molar-refractivity contribution in [3.8, 4) is 5.88 Å². The maximum atomic E-state index is 13.0. The number of anilines is 1. The SMILES string of the molecule is CN(c1nc(Cl)cc(O[C@@H]2CCOC2)n1)[C@H]1C[C@@H]2CCC3(C(=O)OC(C)(C)C)C[C@H](C1)N23. The van der Waals surface area contributed by atoms with Crippen LogP contribution < -0.4 is 9.64 Å². The largest absolute Gasteiger partial charge is 0.472 e. The third-order valence-corrected chi connectivity index (χ3v) is 7.50. The molecule has 5 rings (SSSR count). The van der Waals surface area contributed by atoms with E-state index >= 15 is 0 Å². The summed E-state index contributed by atoms with van der Waals surface area (Å²) in [4.78, 5) is 26.7. The van der Waals surface area contributed by atoms with Crippen LogP contribution in [0.2, 0.25) is 5.15 Å². The van der Waals surface area contributed by atoms with Gasteiger partial charge in [0.2, 0.25) is 11.8 Å². The Balaban J connectivity index is 1.28. The molecule has 0 radical (unpaired) electrons. The lowest BCUT2D eigenvalue weighted by Crippen LogP contribution is -2.72. The van der Waals surface area contributed by atoms with Crippen LogP contribution in [0.25, 0.3) is 0 Å². The molecule has 32 heavy (non-hydrogen) atoms. The number of aromatic nitrogens is 2. The molecule has 1 unspecified atom stereocenters. The second-order valence-corrected chi connectivity index (χ2v) is 11.0. The molecule has 1 aromatic rings. The van der Waals surface area contributed by atoms with Gasteiger partial charge in [0.25, 0.3) is 0 Å². The Morgan fingerprint density at radius 2 is 2.06 bits per heavy atom. The summed E-state index contributed by atoms with van der Waals surface area (Å²) >= 11 is 6.30. The summed E-state index contributed by atoms with van der Waals surface area (Å²) in [5.74, 6) is 1.03. The minimum Gasteiger partial charge on any atom is -0.472 e. The maximum Gasteiger partial charge on any atom is 0.327 e. The summed E-state index contributed by atoms with van der Waals surface area (Å²) in [6.45, 7) is 7.10. The first-order valence-corrected chi connectivity index (χ1v) is 12.1. The van der Waals surface area contributed by atoms with Gasteiger partial charge in [-0.2, -0.15) is 4.98 Å². The van der Waals surface area contributed by atoms with Crippen molar-refractivity contribution >= 4 is 23.5 Å². The number of carbonyl (C=O) groups excluding carboxylic acids is 1. The molecule has 5 atom stereocenters. The van der Waals surface area contributed by atoms with Crippen molar-refractivity contribution in [2.45, 2.75) is 94.7 Å². The molecule has 0 spiro atoms. The fourth-order valence-corrected chi connectivity index (χ4v) is 6.10. The lowest BCUT2D eigenvalue weighted by Gasteiger charge is -2.59. The van der Waals surface area contributed by atoms with Crippen molar-refractivity contribution in [1.29, 1.82) is 0 Å². The van der Waals surface area contributed by atoms with Crippen LogP contribution in [0.4, 0.5) is 5.95 Å². The zero-order valence-corrected chi connectivity index (χ0v) is 20.1. The lowest BCUT2D eigenvalue weighted by molar-refractivity contribution is -0.189. The van der Waals surface area contributed by atoms with Crippen LogP contribution >= 0.6 is 11.6 Å². The van der Waals surface area contributed by atoms with Crippen LogP contribution in [0, 0.1) is 0 Å². The molecule has 4 aliphatic rings. The highest BCUT2D eigenvalue weighted by Crippen LogP contribution is 2.54. The van der Waals surface area contributed by atoms with E-state index in [2.05, 4.69) is 19.8 Å². The summed E-state index contributed by atoms with van der Waals surface area (Å²) in [6.07, 6.45) is 5.58. The smallest absolute Gasteiger partial charge is 0.327 e. The predicted octanol–water partition coefficient (Wildman–Crippen LogP) is 3.21. The monoisotopic (exact) mass is 464 g/mol. The number of piperidine rings is 1. The maximum absolute atomic E-state index is 13.0. The van der Waals surface area contributed by atoms with Crippen LogP contribution in [-0.4, -0.2) is 76.5 Å². The molecule has 4 saturated heterocycles. The van der Waals surface area contributed by atoms with E-state index in [0.29, 0.717) is 42.3 Å². The van der Waals surface area contributed by atoms with E-state index in [1.54, 1.807) is 6.07 Å². The standard InChI is InChI=1S/C23H33ClN4O4/c1-22(2,3)32-20(29)23-7-5-14-9-15(10-16(12-23)28(14)23)27(4)21-25-18(24)11-19(26-21)31-17-6-8-30-13-17/h11,14-17H,5-10,12-13H2,1-4H3/t14-,15-,16-,17+,23?/m0/s1. The van der Waals surface area contributed by atoms with E-state index in [0.717, 1.165) is 38.5 Å². The van der Waals surface area contributed by atoms with Gasteiger partial charge < -0.3 is 19.1 Å². The molecule has 176 valence electrons. The van der Waals surface area contributed by atoms with Gasteiger partial charge in [0.15, 0.2) is 0 Å². The zero-order chi connectivity index (χ0) is 22.7. The quantitative estimate of drug-likeness (QED) is 0.485. The molecular formula is C23H33ClN4O4. The predicted molar refractivity (Wildman–Crippen MR) is 120 cm³/mol. The molecule has 0 aliphatic carbocycles. The Morgan fingerprint density at radius 3 is 2.78 bits per heavy atom. The summed E-state index contributed by atoms with van der Waals surface area (Å²) in [7, 11) is 2.03. The van der Waals surface area contributed by atoms with Crippen LogP contribution in [0.1, 0.15) is 59.3 Å². The van der Waals surface area contributed by atoms with Crippen LogP contribution in [0.3, 0.4) is 0 Å². The molecule has 0 N–H and O–H groups in total. The number of rotatable bonds is 5. The molecule has 0 bridgehead atoms. The first kappa shape index (κ1) is 22.2. The topological polar surface area (TPSA) is 77.0 Å². The normalized spacial score (nSPS) is 34.0. The number of esters is 1. The second-order valence-electron chi connectivity index (χ2n) is 10.7. The molecule has 0 aromatic carbocycles. The van der Waals surface area contributed by atoms with Gasteiger partial charge >= 0.3 is 5.97 Å². The van der Waals surface area contributed by atoms with Crippen molar-refractivity contribution < 1.29 is 19.0 Å². The summed E-state index contributed by atoms with van der Waals surface area (Å²) in [6, 6.07) is 2.73. The lowest BCUT2D eigenvalue weighted by atomic mass is 9.73. The molecule has 4 fully saturated rings. The van der Waals surface area contributed by atoms with E-state index in [4.69, 9.17) is 25.8 Å².